The summed E-state index contributed by atoms with van der Waals surface area (Å²) in [4.78, 5) is 0. The number of fused-ring (bicyclic) bond motifs is 1. The highest BCUT2D eigenvalue weighted by Crippen LogP contribution is 2.45. The van der Waals surface area contributed by atoms with Crippen molar-refractivity contribution in [1.82, 2.24) is 5.32 Å². The first kappa shape index (κ1) is 12.4. The van der Waals surface area contributed by atoms with Crippen LogP contribution in [-0.2, 0) is 10.2 Å². The Bertz CT molecular complexity index is 606. The maximum absolute atomic E-state index is 5.67. The Hall–Kier alpha value is -1.38. The molecule has 2 aliphatic heterocycles. The van der Waals surface area contributed by atoms with E-state index in [9.17, 15) is 0 Å². The Morgan fingerprint density at radius 3 is 2.45 bits per heavy atom. The third kappa shape index (κ3) is 1.79. The predicted molar refractivity (Wildman–Crippen MR) is 82.0 cm³/mol. The highest BCUT2D eigenvalue weighted by molar-refractivity contribution is 5.86. The van der Waals surface area contributed by atoms with Crippen LogP contribution in [0.25, 0.3) is 10.8 Å². The average molecular weight is 267 g/mol. The van der Waals surface area contributed by atoms with Crippen molar-refractivity contribution in [3.8, 4) is 0 Å². The Kier molecular flexibility index (Phi) is 3.01. The minimum Gasteiger partial charge on any atom is -0.379 e. The molecule has 2 saturated heterocycles. The first-order valence-corrected chi connectivity index (χ1v) is 7.67. The molecule has 0 aromatic heterocycles. The van der Waals surface area contributed by atoms with Gasteiger partial charge in [-0.2, -0.15) is 0 Å². The second kappa shape index (κ2) is 4.87. The third-order valence-electron chi connectivity index (χ3n) is 5.17. The van der Waals surface area contributed by atoms with Gasteiger partial charge in [-0.15, -0.1) is 0 Å². The second-order valence-electron chi connectivity index (χ2n) is 6.20. The van der Waals surface area contributed by atoms with Crippen molar-refractivity contribution in [2.24, 2.45) is 5.92 Å². The van der Waals surface area contributed by atoms with Crippen molar-refractivity contribution >= 4 is 10.8 Å². The van der Waals surface area contributed by atoms with Crippen molar-refractivity contribution < 1.29 is 4.74 Å². The van der Waals surface area contributed by atoms with E-state index in [1.165, 1.54) is 29.2 Å². The lowest BCUT2D eigenvalue weighted by atomic mass is 9.64. The first-order chi connectivity index (χ1) is 9.90. The number of hydrogen-bond acceptors (Lipinski definition) is 2. The van der Waals surface area contributed by atoms with Gasteiger partial charge in [0.05, 0.1) is 13.2 Å². The Balaban J connectivity index is 1.83. The first-order valence-electron chi connectivity index (χ1n) is 7.67. The summed E-state index contributed by atoms with van der Waals surface area (Å²) in [6.45, 7) is 4.09. The van der Waals surface area contributed by atoms with Gasteiger partial charge in [-0.05, 0) is 48.2 Å². The fraction of sp³-hybridized carbons (Fsp3) is 0.444. The summed E-state index contributed by atoms with van der Waals surface area (Å²) in [5.74, 6) is 0.753. The molecule has 0 atom stereocenters. The van der Waals surface area contributed by atoms with Crippen LogP contribution in [0.2, 0.25) is 0 Å². The fourth-order valence-electron chi connectivity index (χ4n) is 3.97. The van der Waals surface area contributed by atoms with Gasteiger partial charge in [-0.25, -0.2) is 0 Å². The highest BCUT2D eigenvalue weighted by atomic mass is 16.5. The van der Waals surface area contributed by atoms with Crippen LogP contribution >= 0.6 is 0 Å². The third-order valence-corrected chi connectivity index (χ3v) is 5.17. The average Bonchev–Trinajstić information content (AvgIpc) is 2.48. The van der Waals surface area contributed by atoms with Gasteiger partial charge in [-0.3, -0.25) is 0 Å². The van der Waals surface area contributed by atoms with Crippen LogP contribution in [0.3, 0.4) is 0 Å². The van der Waals surface area contributed by atoms with E-state index in [4.69, 9.17) is 4.74 Å². The number of hydrogen-bond donors (Lipinski definition) is 1. The molecule has 2 nitrogen and oxygen atoms in total. The van der Waals surface area contributed by atoms with E-state index in [2.05, 4.69) is 47.8 Å². The molecule has 2 aromatic carbocycles. The monoisotopic (exact) mass is 267 g/mol. The molecule has 0 radical (unpaired) electrons. The molecule has 20 heavy (non-hydrogen) atoms. The zero-order chi connectivity index (χ0) is 13.4. The van der Waals surface area contributed by atoms with Crippen molar-refractivity contribution in [2.45, 2.75) is 18.3 Å². The molecule has 4 rings (SSSR count). The lowest BCUT2D eigenvalue weighted by Crippen LogP contribution is -2.54. The van der Waals surface area contributed by atoms with Crippen molar-refractivity contribution in [3.63, 3.8) is 0 Å². The van der Waals surface area contributed by atoms with E-state index < -0.39 is 0 Å². The Morgan fingerprint density at radius 1 is 0.950 bits per heavy atom. The molecule has 0 amide bonds. The lowest BCUT2D eigenvalue weighted by Gasteiger charge is -2.49. The van der Waals surface area contributed by atoms with Gasteiger partial charge >= 0.3 is 0 Å². The van der Waals surface area contributed by atoms with Gasteiger partial charge in [-0.1, -0.05) is 42.5 Å². The van der Waals surface area contributed by atoms with Crippen molar-refractivity contribution in [3.05, 3.63) is 48.0 Å². The highest BCUT2D eigenvalue weighted by Gasteiger charge is 2.47. The molecule has 0 unspecified atom stereocenters. The summed E-state index contributed by atoms with van der Waals surface area (Å²) in [5.41, 5.74) is 1.76. The smallest absolute Gasteiger partial charge is 0.0588 e. The number of rotatable bonds is 2. The molecule has 2 heteroatoms. The standard InChI is InChI=1S/C18H21NO/c1-2-6-16-14(4-1)5-3-7-17(16)18(12-20-13-18)15-8-10-19-11-9-15/h1-7,15,19H,8-13H2. The molecule has 0 aliphatic carbocycles. The molecule has 0 bridgehead atoms. The summed E-state index contributed by atoms with van der Waals surface area (Å²) in [6, 6.07) is 15.5. The van der Waals surface area contributed by atoms with Gasteiger partial charge in [0.1, 0.15) is 0 Å². The van der Waals surface area contributed by atoms with Crippen molar-refractivity contribution in [1.29, 1.82) is 0 Å². The van der Waals surface area contributed by atoms with Crippen LogP contribution < -0.4 is 5.32 Å². The molecule has 2 fully saturated rings. The molecule has 2 heterocycles. The molecule has 2 aliphatic rings. The molecular weight excluding hydrogens is 246 g/mol. The summed E-state index contributed by atoms with van der Waals surface area (Å²) in [6.07, 6.45) is 2.54. The summed E-state index contributed by atoms with van der Waals surface area (Å²) in [5, 5.41) is 6.25. The SMILES string of the molecule is c1ccc2c(C3(C4CCNCC4)COC3)cccc2c1. The zero-order valence-corrected chi connectivity index (χ0v) is 11.8. The lowest BCUT2D eigenvalue weighted by molar-refractivity contribution is -0.0956. The van der Waals surface area contributed by atoms with Gasteiger partial charge in [0.15, 0.2) is 0 Å². The van der Waals surface area contributed by atoms with Gasteiger partial charge in [0, 0.05) is 5.41 Å². The maximum Gasteiger partial charge on any atom is 0.0588 e. The largest absolute Gasteiger partial charge is 0.379 e. The minimum atomic E-state index is 0.253. The second-order valence-corrected chi connectivity index (χ2v) is 6.20. The van der Waals surface area contributed by atoms with Gasteiger partial charge in [0.25, 0.3) is 0 Å². The van der Waals surface area contributed by atoms with Crippen LogP contribution in [0.4, 0.5) is 0 Å². The Morgan fingerprint density at radius 2 is 1.70 bits per heavy atom. The molecule has 0 saturated carbocycles. The summed E-state index contributed by atoms with van der Waals surface area (Å²) in [7, 11) is 0. The maximum atomic E-state index is 5.67. The van der Waals surface area contributed by atoms with Crippen LogP contribution in [0.1, 0.15) is 18.4 Å². The van der Waals surface area contributed by atoms with E-state index in [-0.39, 0.29) is 5.41 Å². The quantitative estimate of drug-likeness (QED) is 0.902. The number of nitrogens with one attached hydrogen (secondary N) is 1. The molecule has 2 aromatic rings. The molecule has 104 valence electrons. The van der Waals surface area contributed by atoms with E-state index in [1.54, 1.807) is 0 Å². The molecule has 0 spiro atoms. The van der Waals surface area contributed by atoms with Crippen LogP contribution in [0.15, 0.2) is 42.5 Å². The van der Waals surface area contributed by atoms with E-state index in [0.717, 1.165) is 32.2 Å². The normalized spacial score (nSPS) is 22.6. The summed E-state index contributed by atoms with van der Waals surface area (Å²) < 4.78 is 5.67. The Labute approximate surface area is 120 Å². The van der Waals surface area contributed by atoms with Crippen LogP contribution in [0, 0.1) is 5.92 Å². The van der Waals surface area contributed by atoms with E-state index >= 15 is 0 Å². The fourth-order valence-corrected chi connectivity index (χ4v) is 3.97. The van der Waals surface area contributed by atoms with E-state index in [1.807, 2.05) is 0 Å². The number of benzene rings is 2. The predicted octanol–water partition coefficient (Wildman–Crippen LogP) is 3.11. The minimum absolute atomic E-state index is 0.253. The van der Waals surface area contributed by atoms with Gasteiger partial charge < -0.3 is 10.1 Å². The number of ether oxygens (including phenoxy) is 1. The molecule has 1 N–H and O–H groups in total. The molecular formula is C18H21NO. The van der Waals surface area contributed by atoms with Crippen LogP contribution in [-0.4, -0.2) is 26.3 Å². The van der Waals surface area contributed by atoms with Gasteiger partial charge in [0.2, 0.25) is 0 Å². The zero-order valence-electron chi connectivity index (χ0n) is 11.8. The number of piperidine rings is 1. The van der Waals surface area contributed by atoms with E-state index in [0.29, 0.717) is 0 Å². The summed E-state index contributed by atoms with van der Waals surface area (Å²) >= 11 is 0. The van der Waals surface area contributed by atoms with Crippen molar-refractivity contribution in [2.75, 3.05) is 26.3 Å². The van der Waals surface area contributed by atoms with Crippen LogP contribution in [0.5, 0.6) is 0 Å². The topological polar surface area (TPSA) is 21.3 Å².